The summed E-state index contributed by atoms with van der Waals surface area (Å²) >= 11 is 0. The summed E-state index contributed by atoms with van der Waals surface area (Å²) in [6.07, 6.45) is 4.45. The van der Waals surface area contributed by atoms with Crippen LogP contribution in [0.15, 0.2) is 49.6 Å². The van der Waals surface area contributed by atoms with Gasteiger partial charge >= 0.3 is 0 Å². The van der Waals surface area contributed by atoms with E-state index >= 15 is 0 Å². The fraction of sp³-hybridized carbons (Fsp3) is 0.353. The van der Waals surface area contributed by atoms with Crippen LogP contribution in [0.25, 0.3) is 0 Å². The van der Waals surface area contributed by atoms with Crippen LogP contribution < -0.4 is 5.32 Å². The molecule has 0 aromatic heterocycles. The summed E-state index contributed by atoms with van der Waals surface area (Å²) in [5, 5.41) is 2.96. The molecule has 108 valence electrons. The normalized spacial score (nSPS) is 10.3. The van der Waals surface area contributed by atoms with Gasteiger partial charge in [-0.2, -0.15) is 0 Å². The van der Waals surface area contributed by atoms with Gasteiger partial charge in [-0.1, -0.05) is 36.4 Å². The van der Waals surface area contributed by atoms with Gasteiger partial charge in [-0.25, -0.2) is 0 Å². The van der Waals surface area contributed by atoms with E-state index in [2.05, 4.69) is 37.5 Å². The number of carbonyl (C=O) groups excluding carboxylic acids is 1. The molecule has 0 unspecified atom stereocenters. The first-order valence-electron chi connectivity index (χ1n) is 6.92. The lowest BCUT2D eigenvalue weighted by Crippen LogP contribution is -2.38. The summed E-state index contributed by atoms with van der Waals surface area (Å²) in [7, 11) is 0. The summed E-state index contributed by atoms with van der Waals surface area (Å²) in [4.78, 5) is 13.8. The van der Waals surface area contributed by atoms with Crippen LogP contribution in [0.2, 0.25) is 0 Å². The molecular formula is C17H24N2O. The third kappa shape index (κ3) is 5.85. The van der Waals surface area contributed by atoms with Crippen LogP contribution in [0.5, 0.6) is 0 Å². The highest BCUT2D eigenvalue weighted by Crippen LogP contribution is 2.06. The number of nitrogens with one attached hydrogen (secondary N) is 1. The van der Waals surface area contributed by atoms with E-state index in [-0.39, 0.29) is 5.91 Å². The molecule has 1 aromatic carbocycles. The largest absolute Gasteiger partial charge is 0.355 e. The Balaban J connectivity index is 2.34. The molecule has 0 atom stereocenters. The predicted octanol–water partition coefficient (Wildman–Crippen LogP) is 2.33. The molecule has 0 aliphatic heterocycles. The highest BCUT2D eigenvalue weighted by Gasteiger charge is 2.07. The molecule has 0 aliphatic rings. The van der Waals surface area contributed by atoms with Gasteiger partial charge in [0.25, 0.3) is 0 Å². The molecule has 0 bridgehead atoms. The van der Waals surface area contributed by atoms with Gasteiger partial charge < -0.3 is 5.32 Å². The molecular weight excluding hydrogens is 248 g/mol. The first-order chi connectivity index (χ1) is 9.67. The topological polar surface area (TPSA) is 32.3 Å². The third-order valence-corrected chi connectivity index (χ3v) is 3.12. The van der Waals surface area contributed by atoms with E-state index in [0.29, 0.717) is 26.2 Å². The molecule has 1 N–H and O–H groups in total. The molecule has 0 aliphatic carbocycles. The first kappa shape index (κ1) is 16.2. The zero-order valence-corrected chi connectivity index (χ0v) is 12.3. The number of hydrogen-bond acceptors (Lipinski definition) is 2. The first-order valence-corrected chi connectivity index (χ1v) is 6.92. The highest BCUT2D eigenvalue weighted by molar-refractivity contribution is 5.78. The lowest BCUT2D eigenvalue weighted by atomic mass is 10.1. The monoisotopic (exact) mass is 272 g/mol. The van der Waals surface area contributed by atoms with Gasteiger partial charge in [0, 0.05) is 19.6 Å². The van der Waals surface area contributed by atoms with Crippen molar-refractivity contribution >= 4 is 5.91 Å². The lowest BCUT2D eigenvalue weighted by Gasteiger charge is -2.18. The Bertz CT molecular complexity index is 444. The zero-order valence-electron chi connectivity index (χ0n) is 12.3. The number of rotatable bonds is 9. The second kappa shape index (κ2) is 9.10. The van der Waals surface area contributed by atoms with Crippen LogP contribution in [0.1, 0.15) is 11.1 Å². The summed E-state index contributed by atoms with van der Waals surface area (Å²) in [5.74, 6) is 0.0438. The second-order valence-corrected chi connectivity index (χ2v) is 4.80. The molecule has 1 amide bonds. The second-order valence-electron chi connectivity index (χ2n) is 4.80. The van der Waals surface area contributed by atoms with E-state index < -0.39 is 0 Å². The quantitative estimate of drug-likeness (QED) is 0.700. The Hall–Kier alpha value is -1.87. The van der Waals surface area contributed by atoms with Gasteiger partial charge in [-0.05, 0) is 24.5 Å². The van der Waals surface area contributed by atoms with Crippen LogP contribution in [-0.4, -0.2) is 37.0 Å². The Labute approximate surface area is 122 Å². The Kier molecular flexibility index (Phi) is 7.36. The van der Waals surface area contributed by atoms with Crippen molar-refractivity contribution < 1.29 is 4.79 Å². The summed E-state index contributed by atoms with van der Waals surface area (Å²) in [6.45, 7) is 11.9. The maximum absolute atomic E-state index is 11.9. The van der Waals surface area contributed by atoms with Crippen molar-refractivity contribution in [3.8, 4) is 0 Å². The average Bonchev–Trinajstić information content (AvgIpc) is 2.41. The molecule has 1 aromatic rings. The Morgan fingerprint density at radius 3 is 2.50 bits per heavy atom. The lowest BCUT2D eigenvalue weighted by molar-refractivity contribution is -0.121. The number of amides is 1. The molecule has 0 spiro atoms. The van der Waals surface area contributed by atoms with Crippen LogP contribution in [-0.2, 0) is 11.2 Å². The van der Waals surface area contributed by atoms with Crippen LogP contribution in [0, 0.1) is 6.92 Å². The van der Waals surface area contributed by atoms with Crippen molar-refractivity contribution in [3.63, 3.8) is 0 Å². The predicted molar refractivity (Wildman–Crippen MR) is 84.7 cm³/mol. The number of benzene rings is 1. The minimum atomic E-state index is 0.0438. The zero-order chi connectivity index (χ0) is 14.8. The SMILES string of the molecule is C=CCN(CC=C)CC(=O)NCCc1ccccc1C. The maximum Gasteiger partial charge on any atom is 0.234 e. The van der Waals surface area contributed by atoms with Crippen molar-refractivity contribution in [1.82, 2.24) is 10.2 Å². The number of hydrogen-bond donors (Lipinski definition) is 1. The summed E-state index contributed by atoms with van der Waals surface area (Å²) < 4.78 is 0. The standard InChI is InChI=1S/C17H24N2O/c1-4-12-19(13-5-2)14-17(20)18-11-10-16-9-7-6-8-15(16)3/h4-9H,1-2,10-14H2,3H3,(H,18,20). The van der Waals surface area contributed by atoms with E-state index in [0.717, 1.165) is 6.42 Å². The van der Waals surface area contributed by atoms with Crippen molar-refractivity contribution in [2.24, 2.45) is 0 Å². The number of aryl methyl sites for hydroxylation is 1. The van der Waals surface area contributed by atoms with Crippen LogP contribution in [0.3, 0.4) is 0 Å². The number of nitrogens with zero attached hydrogens (tertiary/aromatic N) is 1. The van der Waals surface area contributed by atoms with Gasteiger partial charge in [0.1, 0.15) is 0 Å². The van der Waals surface area contributed by atoms with Crippen molar-refractivity contribution in [2.75, 3.05) is 26.2 Å². The molecule has 20 heavy (non-hydrogen) atoms. The molecule has 0 heterocycles. The molecule has 1 rings (SSSR count). The Morgan fingerprint density at radius 1 is 1.25 bits per heavy atom. The average molecular weight is 272 g/mol. The Morgan fingerprint density at radius 2 is 1.90 bits per heavy atom. The van der Waals surface area contributed by atoms with Gasteiger partial charge in [-0.3, -0.25) is 9.69 Å². The van der Waals surface area contributed by atoms with E-state index in [1.807, 2.05) is 17.0 Å². The van der Waals surface area contributed by atoms with Crippen molar-refractivity contribution in [2.45, 2.75) is 13.3 Å². The molecule has 3 nitrogen and oxygen atoms in total. The fourth-order valence-corrected chi connectivity index (χ4v) is 2.05. The van der Waals surface area contributed by atoms with Crippen molar-refractivity contribution in [3.05, 3.63) is 60.7 Å². The van der Waals surface area contributed by atoms with Crippen LogP contribution >= 0.6 is 0 Å². The highest BCUT2D eigenvalue weighted by atomic mass is 16.2. The smallest absolute Gasteiger partial charge is 0.234 e. The molecule has 0 radical (unpaired) electrons. The summed E-state index contributed by atoms with van der Waals surface area (Å²) in [5.41, 5.74) is 2.54. The van der Waals surface area contributed by atoms with Gasteiger partial charge in [0.05, 0.1) is 6.54 Å². The van der Waals surface area contributed by atoms with E-state index in [9.17, 15) is 4.79 Å². The van der Waals surface area contributed by atoms with E-state index in [4.69, 9.17) is 0 Å². The minimum absolute atomic E-state index is 0.0438. The summed E-state index contributed by atoms with van der Waals surface area (Å²) in [6, 6.07) is 8.25. The van der Waals surface area contributed by atoms with Gasteiger partial charge in [0.15, 0.2) is 0 Å². The maximum atomic E-state index is 11.9. The minimum Gasteiger partial charge on any atom is -0.355 e. The molecule has 3 heteroatoms. The number of carbonyl (C=O) groups is 1. The van der Waals surface area contributed by atoms with Gasteiger partial charge in [0.2, 0.25) is 5.91 Å². The van der Waals surface area contributed by atoms with Crippen LogP contribution in [0.4, 0.5) is 0 Å². The fourth-order valence-electron chi connectivity index (χ4n) is 2.05. The third-order valence-electron chi connectivity index (χ3n) is 3.12. The van der Waals surface area contributed by atoms with Crippen molar-refractivity contribution in [1.29, 1.82) is 0 Å². The van der Waals surface area contributed by atoms with Gasteiger partial charge in [-0.15, -0.1) is 13.2 Å². The van der Waals surface area contributed by atoms with E-state index in [1.54, 1.807) is 12.2 Å². The van der Waals surface area contributed by atoms with E-state index in [1.165, 1.54) is 11.1 Å². The molecule has 0 fully saturated rings. The molecule has 0 saturated carbocycles. The molecule has 0 saturated heterocycles.